The van der Waals surface area contributed by atoms with Crippen LogP contribution in [0.1, 0.15) is 12.5 Å². The molecule has 0 spiro atoms. The molecule has 1 aromatic carbocycles. The maximum Gasteiger partial charge on any atom is 0.107 e. The van der Waals surface area contributed by atoms with Crippen molar-refractivity contribution >= 4 is 34.7 Å². The number of hydrogen-bond acceptors (Lipinski definition) is 4. The van der Waals surface area contributed by atoms with Crippen LogP contribution in [0.2, 0.25) is 0 Å². The Balaban J connectivity index is 2.37. The third-order valence-electron chi connectivity index (χ3n) is 4.05. The minimum atomic E-state index is 0.492. The first kappa shape index (κ1) is 15.6. The van der Waals surface area contributed by atoms with Crippen molar-refractivity contribution in [3.8, 4) is 0 Å². The zero-order valence-corrected chi connectivity index (χ0v) is 14.2. The third kappa shape index (κ3) is 2.95. The first-order chi connectivity index (χ1) is 9.45. The van der Waals surface area contributed by atoms with E-state index in [-0.39, 0.29) is 0 Å². The molecule has 1 saturated heterocycles. The first-order valence-electron chi connectivity index (χ1n) is 6.84. The Bertz CT molecular complexity index is 502. The van der Waals surface area contributed by atoms with E-state index in [2.05, 4.69) is 55.3 Å². The minimum Gasteiger partial charge on any atom is -0.389 e. The summed E-state index contributed by atoms with van der Waals surface area (Å²) in [4.78, 5) is 6.38. The number of rotatable bonds is 4. The molecule has 1 heterocycles. The average Bonchev–Trinajstić information content (AvgIpc) is 2.79. The van der Waals surface area contributed by atoms with Gasteiger partial charge in [-0.15, -0.1) is 11.8 Å². The first-order valence-corrected chi connectivity index (χ1v) is 8.47. The Kier molecular flexibility index (Phi) is 4.94. The van der Waals surface area contributed by atoms with Gasteiger partial charge in [0.05, 0.1) is 0 Å². The van der Waals surface area contributed by atoms with Gasteiger partial charge in [0, 0.05) is 35.3 Å². The van der Waals surface area contributed by atoms with Gasteiger partial charge in [-0.1, -0.05) is 25.2 Å². The molecule has 0 aromatic heterocycles. The van der Waals surface area contributed by atoms with Crippen LogP contribution in [0.4, 0.5) is 5.69 Å². The van der Waals surface area contributed by atoms with Crippen LogP contribution >= 0.6 is 24.0 Å². The molecule has 0 bridgehead atoms. The number of likely N-dealkylation sites (N-methyl/N-ethyl adjacent to an activating group) is 1. The molecule has 0 amide bonds. The molecule has 2 atom stereocenters. The van der Waals surface area contributed by atoms with E-state index in [1.807, 2.05) is 0 Å². The number of hydrogen-bond donors (Lipinski definition) is 1. The predicted molar refractivity (Wildman–Crippen MR) is 93.0 cm³/mol. The molecule has 110 valence electrons. The van der Waals surface area contributed by atoms with Crippen LogP contribution in [-0.4, -0.2) is 49.4 Å². The standard InChI is InChI=1S/C15H23N3S2/c1-10-8-18(9-12(10)17(2)3)11-6-5-7-13(20-4)14(11)15(16)19/h5-7,10,12H,8-9H2,1-4H3,(H2,16,19). The van der Waals surface area contributed by atoms with Crippen LogP contribution in [0.15, 0.2) is 23.1 Å². The Labute approximate surface area is 131 Å². The van der Waals surface area contributed by atoms with Crippen molar-refractivity contribution in [3.05, 3.63) is 23.8 Å². The summed E-state index contributed by atoms with van der Waals surface area (Å²) in [5, 5.41) is 0. The molecule has 20 heavy (non-hydrogen) atoms. The maximum atomic E-state index is 5.97. The lowest BCUT2D eigenvalue weighted by Gasteiger charge is -2.25. The highest BCUT2D eigenvalue weighted by Crippen LogP contribution is 2.33. The van der Waals surface area contributed by atoms with Crippen molar-refractivity contribution in [3.63, 3.8) is 0 Å². The highest BCUT2D eigenvalue weighted by Gasteiger charge is 2.32. The predicted octanol–water partition coefficient (Wildman–Crippen LogP) is 2.43. The van der Waals surface area contributed by atoms with Gasteiger partial charge < -0.3 is 15.5 Å². The smallest absolute Gasteiger partial charge is 0.107 e. The summed E-state index contributed by atoms with van der Waals surface area (Å²) in [6.45, 7) is 4.39. The second-order valence-electron chi connectivity index (χ2n) is 5.63. The van der Waals surface area contributed by atoms with Gasteiger partial charge in [0.1, 0.15) is 4.99 Å². The van der Waals surface area contributed by atoms with Crippen LogP contribution < -0.4 is 10.6 Å². The van der Waals surface area contributed by atoms with Gasteiger partial charge in [0.25, 0.3) is 0 Å². The van der Waals surface area contributed by atoms with Crippen LogP contribution in [-0.2, 0) is 0 Å². The van der Waals surface area contributed by atoms with Crippen molar-refractivity contribution in [2.75, 3.05) is 38.3 Å². The van der Waals surface area contributed by atoms with Gasteiger partial charge >= 0.3 is 0 Å². The molecule has 0 radical (unpaired) electrons. The normalized spacial score (nSPS) is 22.6. The molecule has 1 aromatic rings. The molecule has 0 saturated carbocycles. The van der Waals surface area contributed by atoms with E-state index >= 15 is 0 Å². The van der Waals surface area contributed by atoms with E-state index in [1.54, 1.807) is 11.8 Å². The number of nitrogens with zero attached hydrogens (tertiary/aromatic N) is 2. The van der Waals surface area contributed by atoms with Crippen LogP contribution in [0.5, 0.6) is 0 Å². The van der Waals surface area contributed by atoms with Crippen LogP contribution in [0.25, 0.3) is 0 Å². The highest BCUT2D eigenvalue weighted by atomic mass is 32.2. The van der Waals surface area contributed by atoms with Crippen LogP contribution in [0.3, 0.4) is 0 Å². The molecular weight excluding hydrogens is 286 g/mol. The molecule has 1 aliphatic rings. The second-order valence-corrected chi connectivity index (χ2v) is 6.92. The highest BCUT2D eigenvalue weighted by molar-refractivity contribution is 7.98. The van der Waals surface area contributed by atoms with E-state index in [0.717, 1.165) is 23.5 Å². The largest absolute Gasteiger partial charge is 0.389 e. The Hall–Kier alpha value is -0.780. The molecule has 2 rings (SSSR count). The zero-order valence-electron chi connectivity index (χ0n) is 12.6. The van der Waals surface area contributed by atoms with E-state index in [0.29, 0.717) is 16.9 Å². The van der Waals surface area contributed by atoms with Crippen molar-refractivity contribution in [2.24, 2.45) is 11.7 Å². The Morgan fingerprint density at radius 2 is 2.10 bits per heavy atom. The quantitative estimate of drug-likeness (QED) is 0.682. The molecule has 2 N–H and O–H groups in total. The van der Waals surface area contributed by atoms with Gasteiger partial charge in [-0.25, -0.2) is 0 Å². The Morgan fingerprint density at radius 3 is 2.60 bits per heavy atom. The second kappa shape index (κ2) is 6.33. The maximum absolute atomic E-state index is 5.97. The van der Waals surface area contributed by atoms with E-state index in [9.17, 15) is 0 Å². The lowest BCUT2D eigenvalue weighted by Crippen LogP contribution is -2.34. The lowest BCUT2D eigenvalue weighted by atomic mass is 10.1. The van der Waals surface area contributed by atoms with E-state index in [1.165, 1.54) is 5.69 Å². The lowest BCUT2D eigenvalue weighted by molar-refractivity contribution is 0.266. The molecule has 1 aliphatic heterocycles. The van der Waals surface area contributed by atoms with Crippen molar-refractivity contribution < 1.29 is 0 Å². The fourth-order valence-corrected chi connectivity index (χ4v) is 3.93. The monoisotopic (exact) mass is 309 g/mol. The van der Waals surface area contributed by atoms with Crippen LogP contribution in [0, 0.1) is 5.92 Å². The molecule has 3 nitrogen and oxygen atoms in total. The third-order valence-corrected chi connectivity index (χ3v) is 5.03. The Morgan fingerprint density at radius 1 is 1.40 bits per heavy atom. The van der Waals surface area contributed by atoms with Crippen molar-refractivity contribution in [2.45, 2.75) is 17.9 Å². The molecule has 1 fully saturated rings. The zero-order chi connectivity index (χ0) is 14.9. The number of thiocarbonyl (C=S) groups is 1. The summed E-state index contributed by atoms with van der Waals surface area (Å²) in [7, 11) is 4.30. The summed E-state index contributed by atoms with van der Waals surface area (Å²) in [5.41, 5.74) is 8.18. The average molecular weight is 310 g/mol. The summed E-state index contributed by atoms with van der Waals surface area (Å²) in [5.74, 6) is 0.641. The van der Waals surface area contributed by atoms with E-state index < -0.39 is 0 Å². The SMILES string of the molecule is CSc1cccc(N2CC(C)C(N(C)C)C2)c1C(N)=S. The number of thioether (sulfide) groups is 1. The summed E-state index contributed by atoms with van der Waals surface area (Å²) in [6.07, 6.45) is 2.07. The fraction of sp³-hybridized carbons (Fsp3) is 0.533. The van der Waals surface area contributed by atoms with Crippen molar-refractivity contribution in [1.29, 1.82) is 0 Å². The fourth-order valence-electron chi connectivity index (χ4n) is 3.02. The molecular formula is C15H23N3S2. The number of nitrogens with two attached hydrogens (primary N) is 1. The van der Waals surface area contributed by atoms with Gasteiger partial charge in [-0.2, -0.15) is 0 Å². The molecule has 5 heteroatoms. The molecule has 2 unspecified atom stereocenters. The van der Waals surface area contributed by atoms with Gasteiger partial charge in [0.2, 0.25) is 0 Å². The number of benzene rings is 1. The molecule has 0 aliphatic carbocycles. The number of anilines is 1. The van der Waals surface area contributed by atoms with Crippen molar-refractivity contribution in [1.82, 2.24) is 4.90 Å². The van der Waals surface area contributed by atoms with Gasteiger partial charge in [-0.3, -0.25) is 0 Å². The summed E-state index contributed by atoms with van der Waals surface area (Å²) >= 11 is 6.98. The summed E-state index contributed by atoms with van der Waals surface area (Å²) < 4.78 is 0. The van der Waals surface area contributed by atoms with E-state index in [4.69, 9.17) is 18.0 Å². The van der Waals surface area contributed by atoms with Gasteiger partial charge in [0.15, 0.2) is 0 Å². The topological polar surface area (TPSA) is 32.5 Å². The minimum absolute atomic E-state index is 0.492. The van der Waals surface area contributed by atoms with Gasteiger partial charge in [-0.05, 0) is 38.4 Å². The summed E-state index contributed by atoms with van der Waals surface area (Å²) in [6, 6.07) is 6.90.